The van der Waals surface area contributed by atoms with Crippen molar-refractivity contribution in [2.45, 2.75) is 32.2 Å². The fourth-order valence-corrected chi connectivity index (χ4v) is 4.75. The highest BCUT2D eigenvalue weighted by Crippen LogP contribution is 2.52. The van der Waals surface area contributed by atoms with Gasteiger partial charge in [0, 0.05) is 11.6 Å². The summed E-state index contributed by atoms with van der Waals surface area (Å²) in [7, 11) is 4.96. The number of aryl methyl sites for hydroxylation is 2. The highest BCUT2D eigenvalue weighted by molar-refractivity contribution is 5.65. The summed E-state index contributed by atoms with van der Waals surface area (Å²) >= 11 is 0. The molecular formula is C23H27NO3. The first-order valence-electron chi connectivity index (χ1n) is 9.41. The standard InChI is InChI=1S/C23H27NO3/c1-13-9-14(2)21-16-7-6-8-17(16)22(24-18(21)10-13)15-11-19(25-3)23(27-5)20(12-15)26-4/h6-7,9-12,16-17,22,24H,8H2,1-5H3/t16-,17+,22+/m1/s1. The van der Waals surface area contributed by atoms with Crippen molar-refractivity contribution >= 4 is 5.69 Å². The van der Waals surface area contributed by atoms with Gasteiger partial charge in [-0.2, -0.15) is 0 Å². The zero-order valence-electron chi connectivity index (χ0n) is 16.6. The van der Waals surface area contributed by atoms with Gasteiger partial charge in [-0.15, -0.1) is 0 Å². The molecule has 1 N–H and O–H groups in total. The monoisotopic (exact) mass is 365 g/mol. The molecule has 142 valence electrons. The van der Waals surface area contributed by atoms with E-state index in [9.17, 15) is 0 Å². The molecule has 0 aromatic heterocycles. The van der Waals surface area contributed by atoms with E-state index >= 15 is 0 Å². The highest BCUT2D eigenvalue weighted by atomic mass is 16.5. The Morgan fingerprint density at radius 1 is 0.926 bits per heavy atom. The molecule has 0 unspecified atom stereocenters. The third-order valence-electron chi connectivity index (χ3n) is 5.86. The summed E-state index contributed by atoms with van der Waals surface area (Å²) in [5.41, 5.74) is 6.47. The van der Waals surface area contributed by atoms with Crippen LogP contribution in [0.5, 0.6) is 17.2 Å². The average Bonchev–Trinajstić information content (AvgIpc) is 3.14. The smallest absolute Gasteiger partial charge is 0.203 e. The van der Waals surface area contributed by atoms with Crippen LogP contribution in [-0.2, 0) is 0 Å². The molecule has 1 aliphatic carbocycles. The summed E-state index contributed by atoms with van der Waals surface area (Å²) < 4.78 is 16.7. The van der Waals surface area contributed by atoms with E-state index in [2.05, 4.69) is 55.6 Å². The van der Waals surface area contributed by atoms with Gasteiger partial charge in [-0.25, -0.2) is 0 Å². The molecule has 27 heavy (non-hydrogen) atoms. The van der Waals surface area contributed by atoms with E-state index in [-0.39, 0.29) is 6.04 Å². The van der Waals surface area contributed by atoms with Gasteiger partial charge >= 0.3 is 0 Å². The lowest BCUT2D eigenvalue weighted by Gasteiger charge is -2.39. The van der Waals surface area contributed by atoms with E-state index < -0.39 is 0 Å². The molecule has 4 rings (SSSR count). The van der Waals surface area contributed by atoms with E-state index in [0.717, 1.165) is 12.0 Å². The number of ether oxygens (including phenoxy) is 3. The average molecular weight is 365 g/mol. The Bertz CT molecular complexity index is 878. The molecule has 4 nitrogen and oxygen atoms in total. The first kappa shape index (κ1) is 17.8. The molecule has 3 atom stereocenters. The molecule has 0 amide bonds. The van der Waals surface area contributed by atoms with E-state index in [1.54, 1.807) is 21.3 Å². The van der Waals surface area contributed by atoms with Crippen LogP contribution in [0.3, 0.4) is 0 Å². The summed E-state index contributed by atoms with van der Waals surface area (Å²) in [4.78, 5) is 0. The normalized spacial score (nSPS) is 22.6. The summed E-state index contributed by atoms with van der Waals surface area (Å²) in [5.74, 6) is 2.94. The number of anilines is 1. The number of benzene rings is 2. The van der Waals surface area contributed by atoms with Crippen LogP contribution in [0.25, 0.3) is 0 Å². The van der Waals surface area contributed by atoms with Crippen LogP contribution in [0.2, 0.25) is 0 Å². The van der Waals surface area contributed by atoms with Gasteiger partial charge in [0.1, 0.15) is 0 Å². The molecule has 0 radical (unpaired) electrons. The minimum absolute atomic E-state index is 0.187. The predicted molar refractivity (Wildman–Crippen MR) is 108 cm³/mol. The summed E-state index contributed by atoms with van der Waals surface area (Å²) in [6.45, 7) is 4.37. The fourth-order valence-electron chi connectivity index (χ4n) is 4.75. The molecule has 0 fully saturated rings. The number of rotatable bonds is 4. The summed E-state index contributed by atoms with van der Waals surface area (Å²) in [6, 6.07) is 8.87. The maximum Gasteiger partial charge on any atom is 0.203 e. The Morgan fingerprint density at radius 2 is 1.63 bits per heavy atom. The lowest BCUT2D eigenvalue weighted by Crippen LogP contribution is -2.29. The van der Waals surface area contributed by atoms with Crippen LogP contribution in [0.1, 0.15) is 40.6 Å². The third-order valence-corrected chi connectivity index (χ3v) is 5.86. The zero-order chi connectivity index (χ0) is 19.1. The molecule has 0 saturated carbocycles. The van der Waals surface area contributed by atoms with Crippen molar-refractivity contribution in [3.8, 4) is 17.2 Å². The summed E-state index contributed by atoms with van der Waals surface area (Å²) in [5, 5.41) is 3.81. The number of fused-ring (bicyclic) bond motifs is 3. The van der Waals surface area contributed by atoms with Crippen LogP contribution < -0.4 is 19.5 Å². The van der Waals surface area contributed by atoms with Crippen molar-refractivity contribution in [3.05, 3.63) is 58.7 Å². The Kier molecular flexibility index (Phi) is 4.50. The molecule has 1 heterocycles. The molecule has 4 heteroatoms. The van der Waals surface area contributed by atoms with Crippen molar-refractivity contribution in [1.82, 2.24) is 0 Å². The van der Waals surface area contributed by atoms with Gasteiger partial charge in [0.15, 0.2) is 11.5 Å². The zero-order valence-corrected chi connectivity index (χ0v) is 16.6. The molecular weight excluding hydrogens is 338 g/mol. The van der Waals surface area contributed by atoms with Gasteiger partial charge in [0.2, 0.25) is 5.75 Å². The van der Waals surface area contributed by atoms with Crippen LogP contribution in [0, 0.1) is 19.8 Å². The van der Waals surface area contributed by atoms with Crippen LogP contribution in [0.4, 0.5) is 5.69 Å². The largest absolute Gasteiger partial charge is 0.493 e. The van der Waals surface area contributed by atoms with Crippen molar-refractivity contribution in [2.75, 3.05) is 26.6 Å². The minimum Gasteiger partial charge on any atom is -0.493 e. The first-order valence-corrected chi connectivity index (χ1v) is 9.41. The van der Waals surface area contributed by atoms with E-state index in [1.807, 2.05) is 0 Å². The molecule has 0 bridgehead atoms. The highest BCUT2D eigenvalue weighted by Gasteiger charge is 2.39. The van der Waals surface area contributed by atoms with Crippen LogP contribution in [-0.4, -0.2) is 21.3 Å². The van der Waals surface area contributed by atoms with Crippen LogP contribution >= 0.6 is 0 Å². The van der Waals surface area contributed by atoms with Crippen molar-refractivity contribution in [3.63, 3.8) is 0 Å². The van der Waals surface area contributed by atoms with Gasteiger partial charge < -0.3 is 19.5 Å². The SMILES string of the molecule is COc1cc([C@@H]2Nc3cc(C)cc(C)c3[C@@H]3C=CC[C@@H]32)cc(OC)c1OC. The first-order chi connectivity index (χ1) is 13.1. The Morgan fingerprint density at radius 3 is 2.26 bits per heavy atom. The van der Waals surface area contributed by atoms with Crippen molar-refractivity contribution < 1.29 is 14.2 Å². The van der Waals surface area contributed by atoms with Gasteiger partial charge in [0.25, 0.3) is 0 Å². The topological polar surface area (TPSA) is 39.7 Å². The third kappa shape index (κ3) is 2.84. The lowest BCUT2D eigenvalue weighted by molar-refractivity contribution is 0.322. The number of methoxy groups -OCH3 is 3. The number of hydrogen-bond acceptors (Lipinski definition) is 4. The number of hydrogen-bond donors (Lipinski definition) is 1. The molecule has 2 aliphatic rings. The van der Waals surface area contributed by atoms with Gasteiger partial charge in [-0.05, 0) is 66.6 Å². The van der Waals surface area contributed by atoms with E-state index in [4.69, 9.17) is 14.2 Å². The Balaban J connectivity index is 1.83. The molecule has 2 aromatic carbocycles. The summed E-state index contributed by atoms with van der Waals surface area (Å²) in [6.07, 6.45) is 5.75. The maximum absolute atomic E-state index is 5.58. The van der Waals surface area contributed by atoms with Crippen LogP contribution in [0.15, 0.2) is 36.4 Å². The van der Waals surface area contributed by atoms with Gasteiger partial charge in [0.05, 0.1) is 27.4 Å². The quantitative estimate of drug-likeness (QED) is 0.760. The van der Waals surface area contributed by atoms with Crippen molar-refractivity contribution in [2.24, 2.45) is 5.92 Å². The van der Waals surface area contributed by atoms with Crippen molar-refractivity contribution in [1.29, 1.82) is 0 Å². The second-order valence-corrected chi connectivity index (χ2v) is 7.48. The molecule has 1 aliphatic heterocycles. The molecule has 0 saturated heterocycles. The van der Waals surface area contributed by atoms with E-state index in [0.29, 0.717) is 29.1 Å². The van der Waals surface area contributed by atoms with Gasteiger partial charge in [-0.1, -0.05) is 18.2 Å². The number of allylic oxidation sites excluding steroid dienone is 2. The van der Waals surface area contributed by atoms with E-state index in [1.165, 1.54) is 22.4 Å². The lowest BCUT2D eigenvalue weighted by atomic mass is 9.75. The second-order valence-electron chi connectivity index (χ2n) is 7.48. The Hall–Kier alpha value is -2.62. The Labute approximate surface area is 161 Å². The fraction of sp³-hybridized carbons (Fsp3) is 0.391. The number of nitrogens with one attached hydrogen (secondary N) is 1. The second kappa shape index (κ2) is 6.84. The predicted octanol–water partition coefficient (Wildman–Crippen LogP) is 5.16. The molecule has 0 spiro atoms. The minimum atomic E-state index is 0.187. The van der Waals surface area contributed by atoms with Gasteiger partial charge in [-0.3, -0.25) is 0 Å². The molecule has 2 aromatic rings. The maximum atomic E-state index is 5.58.